The number of hydrogen-bond acceptors (Lipinski definition) is 1. The van der Waals surface area contributed by atoms with E-state index in [1.54, 1.807) is 0 Å². The highest BCUT2D eigenvalue weighted by Crippen LogP contribution is 2.45. The van der Waals surface area contributed by atoms with Crippen molar-refractivity contribution in [2.45, 2.75) is 78.8 Å². The van der Waals surface area contributed by atoms with Gasteiger partial charge < -0.3 is 4.90 Å². The summed E-state index contributed by atoms with van der Waals surface area (Å²) in [6.45, 7) is 15.2. The Balaban J connectivity index is 3.13. The fourth-order valence-electron chi connectivity index (χ4n) is 3.43. The van der Waals surface area contributed by atoms with Gasteiger partial charge in [-0.25, -0.2) is 0 Å². The Morgan fingerprint density at radius 2 is 1.75 bits per heavy atom. The number of piperidine rings is 1. The molecule has 0 saturated carbocycles. The fourth-order valence-corrected chi connectivity index (χ4v) is 3.43. The van der Waals surface area contributed by atoms with Crippen LogP contribution in [0.1, 0.15) is 67.7 Å². The first-order valence-corrected chi connectivity index (χ1v) is 6.35. The molecule has 0 radical (unpaired) electrons. The highest BCUT2D eigenvalue weighted by molar-refractivity contribution is 5.79. The van der Waals surface area contributed by atoms with Crippen LogP contribution in [0.25, 0.3) is 0 Å². The Morgan fingerprint density at radius 3 is 2.12 bits per heavy atom. The van der Waals surface area contributed by atoms with E-state index in [4.69, 9.17) is 0 Å². The number of rotatable bonds is 1. The Labute approximate surface area is 100 Å². The van der Waals surface area contributed by atoms with Gasteiger partial charge in [0, 0.05) is 17.5 Å². The zero-order valence-electron chi connectivity index (χ0n) is 12.0. The molecular formula is C14H27NO. The summed E-state index contributed by atoms with van der Waals surface area (Å²) in [5, 5.41) is 0. The van der Waals surface area contributed by atoms with E-state index in [0.29, 0.717) is 12.3 Å². The molecule has 1 fully saturated rings. The van der Waals surface area contributed by atoms with Crippen molar-refractivity contribution in [2.75, 3.05) is 0 Å². The predicted octanol–water partition coefficient (Wildman–Crippen LogP) is 3.60. The molecule has 1 amide bonds. The second-order valence-corrected chi connectivity index (χ2v) is 7.27. The maximum atomic E-state index is 12.4. The minimum atomic E-state index is -0.0711. The molecule has 0 N–H and O–H groups in total. The summed E-state index contributed by atoms with van der Waals surface area (Å²) in [5.41, 5.74) is 0.0824. The zero-order chi connectivity index (χ0) is 12.8. The first-order chi connectivity index (χ1) is 7.02. The number of carbonyl (C=O) groups excluding carboxylic acids is 1. The topological polar surface area (TPSA) is 20.3 Å². The van der Waals surface area contributed by atoms with Crippen molar-refractivity contribution in [1.29, 1.82) is 0 Å². The Hall–Kier alpha value is -0.530. The second-order valence-electron chi connectivity index (χ2n) is 7.27. The average molecular weight is 225 g/mol. The molecule has 0 aromatic rings. The number of hydrogen-bond donors (Lipinski definition) is 0. The normalized spacial score (nSPS) is 30.7. The van der Waals surface area contributed by atoms with Crippen molar-refractivity contribution in [2.24, 2.45) is 5.41 Å². The van der Waals surface area contributed by atoms with Crippen LogP contribution in [0.3, 0.4) is 0 Å². The highest BCUT2D eigenvalue weighted by Gasteiger charge is 2.48. The van der Waals surface area contributed by atoms with E-state index in [2.05, 4.69) is 53.4 Å². The van der Waals surface area contributed by atoms with Gasteiger partial charge in [-0.3, -0.25) is 4.79 Å². The van der Waals surface area contributed by atoms with Gasteiger partial charge in [0.2, 0.25) is 5.91 Å². The molecule has 0 aromatic heterocycles. The summed E-state index contributed by atoms with van der Waals surface area (Å²) in [6.07, 6.45) is 2.80. The predicted molar refractivity (Wildman–Crippen MR) is 68.3 cm³/mol. The summed E-state index contributed by atoms with van der Waals surface area (Å²) >= 11 is 0. The van der Waals surface area contributed by atoms with Gasteiger partial charge in [-0.15, -0.1) is 0 Å². The molecule has 1 heterocycles. The molecule has 16 heavy (non-hydrogen) atoms. The monoisotopic (exact) mass is 225 g/mol. The summed E-state index contributed by atoms with van der Waals surface area (Å²) in [4.78, 5) is 14.5. The molecule has 1 aliphatic heterocycles. The third-order valence-corrected chi connectivity index (χ3v) is 3.71. The van der Waals surface area contributed by atoms with Crippen molar-refractivity contribution >= 4 is 5.91 Å². The van der Waals surface area contributed by atoms with Gasteiger partial charge in [-0.1, -0.05) is 20.8 Å². The van der Waals surface area contributed by atoms with E-state index < -0.39 is 0 Å². The van der Waals surface area contributed by atoms with Crippen molar-refractivity contribution in [3.8, 4) is 0 Å². The second kappa shape index (κ2) is 3.75. The summed E-state index contributed by atoms with van der Waals surface area (Å²) < 4.78 is 0. The summed E-state index contributed by atoms with van der Waals surface area (Å²) in [6, 6.07) is 0. The average Bonchev–Trinajstić information content (AvgIpc) is 1.96. The highest BCUT2D eigenvalue weighted by atomic mass is 16.2. The maximum absolute atomic E-state index is 12.4. The Bertz CT molecular complexity index is 288. The smallest absolute Gasteiger partial charge is 0.223 e. The van der Waals surface area contributed by atoms with Crippen LogP contribution >= 0.6 is 0 Å². The maximum Gasteiger partial charge on any atom is 0.223 e. The van der Waals surface area contributed by atoms with Crippen LogP contribution in [-0.2, 0) is 4.79 Å². The lowest BCUT2D eigenvalue weighted by Crippen LogP contribution is -2.63. The molecule has 1 atom stereocenters. The van der Waals surface area contributed by atoms with Crippen LogP contribution in [-0.4, -0.2) is 21.9 Å². The SMILES string of the molecule is CCC1(C)CC(C)(C)CC(=O)N1C(C)(C)C. The first kappa shape index (κ1) is 13.5. The lowest BCUT2D eigenvalue weighted by molar-refractivity contribution is -0.157. The first-order valence-electron chi connectivity index (χ1n) is 6.35. The van der Waals surface area contributed by atoms with E-state index >= 15 is 0 Å². The molecule has 1 saturated heterocycles. The van der Waals surface area contributed by atoms with Crippen LogP contribution < -0.4 is 0 Å². The third-order valence-electron chi connectivity index (χ3n) is 3.71. The lowest BCUT2D eigenvalue weighted by Gasteiger charge is -2.55. The minimum Gasteiger partial charge on any atom is -0.332 e. The molecule has 0 aliphatic carbocycles. The van der Waals surface area contributed by atoms with E-state index in [-0.39, 0.29) is 16.5 Å². The van der Waals surface area contributed by atoms with Gasteiger partial charge in [0.15, 0.2) is 0 Å². The van der Waals surface area contributed by atoms with Crippen LogP contribution in [0.15, 0.2) is 0 Å². The van der Waals surface area contributed by atoms with Gasteiger partial charge in [-0.05, 0) is 46.0 Å². The van der Waals surface area contributed by atoms with Crippen molar-refractivity contribution < 1.29 is 4.79 Å². The standard InChI is InChI=1S/C14H27NO/c1-8-14(7)10-13(5,6)9-11(16)15(14)12(2,3)4/h8-10H2,1-7H3. The van der Waals surface area contributed by atoms with E-state index in [0.717, 1.165) is 12.8 Å². The van der Waals surface area contributed by atoms with Gasteiger partial charge >= 0.3 is 0 Å². The third kappa shape index (κ3) is 2.41. The molecule has 2 heteroatoms. The summed E-state index contributed by atoms with van der Waals surface area (Å²) in [5.74, 6) is 0.313. The van der Waals surface area contributed by atoms with Gasteiger partial charge in [0.05, 0.1) is 0 Å². The minimum absolute atomic E-state index is 0.0110. The van der Waals surface area contributed by atoms with E-state index in [1.165, 1.54) is 0 Å². The molecule has 1 unspecified atom stereocenters. The molecule has 1 aliphatic rings. The number of amides is 1. The lowest BCUT2D eigenvalue weighted by atomic mass is 9.69. The van der Waals surface area contributed by atoms with Gasteiger partial charge in [0.25, 0.3) is 0 Å². The molecule has 94 valence electrons. The van der Waals surface area contributed by atoms with Crippen LogP contribution in [0.4, 0.5) is 0 Å². The van der Waals surface area contributed by atoms with Gasteiger partial charge in [0.1, 0.15) is 0 Å². The molecule has 0 aromatic carbocycles. The molecule has 0 bridgehead atoms. The number of likely N-dealkylation sites (tertiary alicyclic amines) is 1. The molecule has 1 rings (SSSR count). The van der Waals surface area contributed by atoms with Crippen molar-refractivity contribution in [3.05, 3.63) is 0 Å². The van der Waals surface area contributed by atoms with E-state index in [9.17, 15) is 4.79 Å². The Kier molecular flexibility index (Phi) is 3.17. The largest absolute Gasteiger partial charge is 0.332 e. The van der Waals surface area contributed by atoms with Crippen LogP contribution in [0.5, 0.6) is 0 Å². The van der Waals surface area contributed by atoms with Crippen LogP contribution in [0, 0.1) is 5.41 Å². The summed E-state index contributed by atoms with van der Waals surface area (Å²) in [7, 11) is 0. The van der Waals surface area contributed by atoms with E-state index in [1.807, 2.05) is 0 Å². The molecular weight excluding hydrogens is 198 g/mol. The molecule has 0 spiro atoms. The van der Waals surface area contributed by atoms with Crippen LogP contribution in [0.2, 0.25) is 0 Å². The molecule has 2 nitrogen and oxygen atoms in total. The zero-order valence-corrected chi connectivity index (χ0v) is 12.0. The number of carbonyl (C=O) groups is 1. The van der Waals surface area contributed by atoms with Crippen molar-refractivity contribution in [1.82, 2.24) is 4.90 Å². The quantitative estimate of drug-likeness (QED) is 0.667. The fraction of sp³-hybridized carbons (Fsp3) is 0.929. The Morgan fingerprint density at radius 1 is 1.25 bits per heavy atom. The van der Waals surface area contributed by atoms with Gasteiger partial charge in [-0.2, -0.15) is 0 Å². The van der Waals surface area contributed by atoms with Crippen molar-refractivity contribution in [3.63, 3.8) is 0 Å². The number of nitrogens with zero attached hydrogens (tertiary/aromatic N) is 1.